The highest BCUT2D eigenvalue weighted by atomic mass is 16.5. The van der Waals surface area contributed by atoms with E-state index in [-0.39, 0.29) is 5.57 Å². The predicted octanol–water partition coefficient (Wildman–Crippen LogP) is 3.97. The first-order valence-corrected chi connectivity index (χ1v) is 8.06. The topological polar surface area (TPSA) is 79.2 Å². The first-order valence-electron chi connectivity index (χ1n) is 8.06. The second-order valence-electron chi connectivity index (χ2n) is 5.21. The summed E-state index contributed by atoms with van der Waals surface area (Å²) in [6, 6.07) is 17.7. The van der Waals surface area contributed by atoms with Crippen molar-refractivity contribution >= 4 is 23.6 Å². The van der Waals surface area contributed by atoms with Crippen LogP contribution in [0.3, 0.4) is 0 Å². The second-order valence-corrected chi connectivity index (χ2v) is 5.21. The second kappa shape index (κ2) is 9.60. The quantitative estimate of drug-likeness (QED) is 0.371. The smallest absolute Gasteiger partial charge is 0.338 e. The monoisotopic (exact) mass is 346 g/mol. The maximum Gasteiger partial charge on any atom is 0.338 e. The molecule has 0 fully saturated rings. The summed E-state index contributed by atoms with van der Waals surface area (Å²) in [6.07, 6.45) is 4.91. The van der Waals surface area contributed by atoms with E-state index in [0.29, 0.717) is 17.9 Å². The number of carbonyl (C=O) groups excluding carboxylic acids is 2. The minimum absolute atomic E-state index is 0.0216. The van der Waals surface area contributed by atoms with Gasteiger partial charge in [0.25, 0.3) is 5.91 Å². The largest absolute Gasteiger partial charge is 0.462 e. The van der Waals surface area contributed by atoms with Gasteiger partial charge < -0.3 is 10.1 Å². The van der Waals surface area contributed by atoms with Crippen LogP contribution >= 0.6 is 0 Å². The number of hydrogen-bond acceptors (Lipinski definition) is 4. The van der Waals surface area contributed by atoms with E-state index in [4.69, 9.17) is 4.74 Å². The molecule has 0 bridgehead atoms. The van der Waals surface area contributed by atoms with Gasteiger partial charge >= 0.3 is 5.97 Å². The van der Waals surface area contributed by atoms with E-state index < -0.39 is 11.9 Å². The van der Waals surface area contributed by atoms with Crippen LogP contribution in [0.1, 0.15) is 22.8 Å². The number of nitrogens with zero attached hydrogens (tertiary/aromatic N) is 1. The summed E-state index contributed by atoms with van der Waals surface area (Å²) in [7, 11) is 0. The zero-order valence-corrected chi connectivity index (χ0v) is 14.3. The van der Waals surface area contributed by atoms with Crippen molar-refractivity contribution < 1.29 is 14.3 Å². The fourth-order valence-corrected chi connectivity index (χ4v) is 2.09. The van der Waals surface area contributed by atoms with E-state index in [1.807, 2.05) is 36.4 Å². The van der Waals surface area contributed by atoms with E-state index in [9.17, 15) is 14.9 Å². The molecule has 2 rings (SSSR count). The van der Waals surface area contributed by atoms with Crippen LogP contribution in [-0.4, -0.2) is 18.5 Å². The van der Waals surface area contributed by atoms with Gasteiger partial charge in [0.2, 0.25) is 0 Å². The van der Waals surface area contributed by atoms with Gasteiger partial charge in [-0.15, -0.1) is 0 Å². The standard InChI is InChI=1S/C21H18N2O3/c1-2-26-21(25)17-11-13-19(14-12-17)23-20(24)18(15-22)10-6-9-16-7-4-3-5-8-16/h3-14H,2H2,1H3,(H,23,24)/b9-6+,18-10+. The maximum absolute atomic E-state index is 12.2. The number of nitriles is 1. The highest BCUT2D eigenvalue weighted by Crippen LogP contribution is 2.12. The number of benzene rings is 2. The number of rotatable bonds is 6. The van der Waals surface area contributed by atoms with Crippen molar-refractivity contribution in [2.45, 2.75) is 6.92 Å². The third-order valence-corrected chi connectivity index (χ3v) is 3.37. The van der Waals surface area contributed by atoms with Gasteiger partial charge in [0.15, 0.2) is 0 Å². The van der Waals surface area contributed by atoms with Gasteiger partial charge in [-0.05, 0) is 42.8 Å². The van der Waals surface area contributed by atoms with Crippen molar-refractivity contribution in [1.29, 1.82) is 5.26 Å². The molecule has 1 amide bonds. The summed E-state index contributed by atoms with van der Waals surface area (Å²) in [6.45, 7) is 2.03. The number of carbonyl (C=O) groups is 2. The SMILES string of the molecule is CCOC(=O)c1ccc(NC(=O)/C(C#N)=C/C=C/c2ccccc2)cc1. The van der Waals surface area contributed by atoms with Gasteiger partial charge in [-0.25, -0.2) is 4.79 Å². The zero-order valence-electron chi connectivity index (χ0n) is 14.3. The van der Waals surface area contributed by atoms with Crippen molar-refractivity contribution in [3.63, 3.8) is 0 Å². The average Bonchev–Trinajstić information content (AvgIpc) is 2.66. The number of allylic oxidation sites excluding steroid dienone is 2. The molecule has 0 aromatic heterocycles. The number of ether oxygens (including phenoxy) is 1. The molecule has 0 radical (unpaired) electrons. The normalized spacial score (nSPS) is 11.0. The number of esters is 1. The molecule has 2 aromatic rings. The van der Waals surface area contributed by atoms with Gasteiger partial charge in [-0.2, -0.15) is 5.26 Å². The lowest BCUT2D eigenvalue weighted by Crippen LogP contribution is -2.13. The molecule has 5 heteroatoms. The Balaban J connectivity index is 2.02. The van der Waals surface area contributed by atoms with Crippen LogP contribution < -0.4 is 5.32 Å². The van der Waals surface area contributed by atoms with Crippen LogP contribution in [0.4, 0.5) is 5.69 Å². The molecule has 130 valence electrons. The fourth-order valence-electron chi connectivity index (χ4n) is 2.09. The molecule has 0 spiro atoms. The van der Waals surface area contributed by atoms with Gasteiger partial charge in [-0.1, -0.05) is 42.5 Å². The highest BCUT2D eigenvalue weighted by molar-refractivity contribution is 6.07. The van der Waals surface area contributed by atoms with Gasteiger partial charge in [0, 0.05) is 5.69 Å². The molecule has 2 aromatic carbocycles. The molecule has 0 heterocycles. The molecule has 5 nitrogen and oxygen atoms in total. The van der Waals surface area contributed by atoms with Crippen LogP contribution in [0.5, 0.6) is 0 Å². The van der Waals surface area contributed by atoms with Crippen LogP contribution in [0, 0.1) is 11.3 Å². The summed E-state index contributed by atoms with van der Waals surface area (Å²) < 4.78 is 4.90. The molecule has 26 heavy (non-hydrogen) atoms. The van der Waals surface area contributed by atoms with Crippen LogP contribution in [0.2, 0.25) is 0 Å². The predicted molar refractivity (Wildman–Crippen MR) is 100 cm³/mol. The lowest BCUT2D eigenvalue weighted by Gasteiger charge is -2.05. The minimum atomic E-state index is -0.519. The van der Waals surface area contributed by atoms with E-state index >= 15 is 0 Å². The van der Waals surface area contributed by atoms with E-state index in [1.165, 1.54) is 6.08 Å². The van der Waals surface area contributed by atoms with Crippen molar-refractivity contribution in [2.75, 3.05) is 11.9 Å². The lowest BCUT2D eigenvalue weighted by molar-refractivity contribution is -0.112. The summed E-state index contributed by atoms with van der Waals surface area (Å²) >= 11 is 0. The Bertz CT molecular complexity index is 860. The Kier molecular flexibility index (Phi) is 6.90. The number of hydrogen-bond donors (Lipinski definition) is 1. The molecule has 0 atom stereocenters. The van der Waals surface area contributed by atoms with E-state index in [0.717, 1.165) is 5.56 Å². The Morgan fingerprint density at radius 2 is 1.81 bits per heavy atom. The Labute approximate surface area is 152 Å². The summed E-state index contributed by atoms with van der Waals surface area (Å²) in [4.78, 5) is 23.8. The van der Waals surface area contributed by atoms with Crippen molar-refractivity contribution in [1.82, 2.24) is 0 Å². The molecule has 0 aliphatic rings. The molecule has 0 saturated heterocycles. The molecule has 1 N–H and O–H groups in total. The molecule has 0 saturated carbocycles. The molecular formula is C21H18N2O3. The number of amides is 1. The van der Waals surface area contributed by atoms with Gasteiger partial charge in [-0.3, -0.25) is 4.79 Å². The summed E-state index contributed by atoms with van der Waals surface area (Å²) in [5.74, 6) is -0.942. The van der Waals surface area contributed by atoms with E-state index in [1.54, 1.807) is 43.3 Å². The summed E-state index contributed by atoms with van der Waals surface area (Å²) in [5, 5.41) is 11.8. The third-order valence-electron chi connectivity index (χ3n) is 3.37. The summed E-state index contributed by atoms with van der Waals surface area (Å²) in [5.41, 5.74) is 1.82. The van der Waals surface area contributed by atoms with Crippen LogP contribution in [0.25, 0.3) is 6.08 Å². The van der Waals surface area contributed by atoms with Crippen LogP contribution in [0.15, 0.2) is 72.3 Å². The molecule has 0 aliphatic carbocycles. The maximum atomic E-state index is 12.2. The fraction of sp³-hybridized carbons (Fsp3) is 0.0952. The first kappa shape index (κ1) is 18.7. The average molecular weight is 346 g/mol. The first-order chi connectivity index (χ1) is 12.6. The van der Waals surface area contributed by atoms with Crippen molar-refractivity contribution in [3.05, 3.63) is 83.4 Å². The Morgan fingerprint density at radius 3 is 2.42 bits per heavy atom. The minimum Gasteiger partial charge on any atom is -0.462 e. The van der Waals surface area contributed by atoms with Gasteiger partial charge in [0.1, 0.15) is 11.6 Å². The van der Waals surface area contributed by atoms with E-state index in [2.05, 4.69) is 5.32 Å². The molecule has 0 aliphatic heterocycles. The van der Waals surface area contributed by atoms with Gasteiger partial charge in [0.05, 0.1) is 12.2 Å². The lowest BCUT2D eigenvalue weighted by atomic mass is 10.1. The van der Waals surface area contributed by atoms with Crippen LogP contribution in [-0.2, 0) is 9.53 Å². The highest BCUT2D eigenvalue weighted by Gasteiger charge is 2.10. The number of nitrogens with one attached hydrogen (secondary N) is 1. The third kappa shape index (κ3) is 5.46. The molecular weight excluding hydrogens is 328 g/mol. The Hall–Kier alpha value is -3.65. The van der Waals surface area contributed by atoms with Crippen molar-refractivity contribution in [2.24, 2.45) is 0 Å². The molecule has 0 unspecified atom stereocenters. The Morgan fingerprint density at radius 1 is 1.12 bits per heavy atom. The number of anilines is 1. The van der Waals surface area contributed by atoms with Crippen molar-refractivity contribution in [3.8, 4) is 6.07 Å². The zero-order chi connectivity index (χ0) is 18.8.